The molecule has 0 fully saturated rings. The van der Waals surface area contributed by atoms with Crippen molar-refractivity contribution in [2.45, 2.75) is 6.18 Å². The third-order valence-corrected chi connectivity index (χ3v) is 3.05. The second kappa shape index (κ2) is 4.90. The van der Waals surface area contributed by atoms with Gasteiger partial charge in [-0.25, -0.2) is 9.07 Å². The van der Waals surface area contributed by atoms with Crippen LogP contribution in [0.2, 0.25) is 0 Å². The summed E-state index contributed by atoms with van der Waals surface area (Å²) in [6, 6.07) is 6.89. The number of benzene rings is 1. The fraction of sp³-hybridized carbons (Fsp3) is 0.0714. The number of nitrogens with two attached hydrogens (primary N) is 1. The van der Waals surface area contributed by atoms with Gasteiger partial charge in [-0.3, -0.25) is 0 Å². The maximum absolute atomic E-state index is 14.0. The molecule has 0 amide bonds. The van der Waals surface area contributed by atoms with E-state index >= 15 is 0 Å². The molecule has 0 aliphatic rings. The summed E-state index contributed by atoms with van der Waals surface area (Å²) in [5, 5.41) is 3.54. The highest BCUT2D eigenvalue weighted by molar-refractivity contribution is 5.62. The highest BCUT2D eigenvalue weighted by atomic mass is 19.4. The first-order chi connectivity index (χ1) is 10.4. The molecule has 0 unspecified atom stereocenters. The average Bonchev–Trinajstić information content (AvgIpc) is 3.07. The van der Waals surface area contributed by atoms with E-state index in [0.717, 1.165) is 12.3 Å². The zero-order chi connectivity index (χ0) is 15.9. The van der Waals surface area contributed by atoms with Crippen molar-refractivity contribution in [1.82, 2.24) is 9.78 Å². The van der Waals surface area contributed by atoms with Gasteiger partial charge in [0.1, 0.15) is 17.3 Å². The Balaban J connectivity index is 2.19. The minimum atomic E-state index is -4.76. The quantitative estimate of drug-likeness (QED) is 0.731. The Bertz CT molecular complexity index is 806. The van der Waals surface area contributed by atoms with E-state index in [4.69, 9.17) is 10.2 Å². The SMILES string of the molecule is Nc1cnn(-c2cc(-c3ccco3)ccc2F)c1C(F)(F)F. The molecule has 0 saturated heterocycles. The van der Waals surface area contributed by atoms with Gasteiger partial charge in [0.25, 0.3) is 0 Å². The van der Waals surface area contributed by atoms with Crippen molar-refractivity contribution in [3.8, 4) is 17.0 Å². The Kier molecular flexibility index (Phi) is 3.16. The highest BCUT2D eigenvalue weighted by Gasteiger charge is 2.38. The molecule has 0 atom stereocenters. The van der Waals surface area contributed by atoms with E-state index in [1.165, 1.54) is 18.4 Å². The summed E-state index contributed by atoms with van der Waals surface area (Å²) < 4.78 is 58.7. The lowest BCUT2D eigenvalue weighted by Crippen LogP contribution is -2.16. The van der Waals surface area contributed by atoms with E-state index in [9.17, 15) is 17.6 Å². The average molecular weight is 311 g/mol. The molecule has 22 heavy (non-hydrogen) atoms. The number of rotatable bonds is 2. The van der Waals surface area contributed by atoms with Gasteiger partial charge in [-0.2, -0.15) is 18.3 Å². The Labute approximate surface area is 121 Å². The van der Waals surface area contributed by atoms with Gasteiger partial charge in [-0.1, -0.05) is 0 Å². The fourth-order valence-corrected chi connectivity index (χ4v) is 2.10. The van der Waals surface area contributed by atoms with Gasteiger partial charge in [-0.05, 0) is 30.3 Å². The number of hydrogen-bond donors (Lipinski definition) is 1. The van der Waals surface area contributed by atoms with Gasteiger partial charge in [0.05, 0.1) is 18.1 Å². The van der Waals surface area contributed by atoms with Crippen molar-refractivity contribution in [3.63, 3.8) is 0 Å². The Hall–Kier alpha value is -2.77. The molecule has 3 rings (SSSR count). The number of hydrogen-bond acceptors (Lipinski definition) is 3. The number of anilines is 1. The van der Waals surface area contributed by atoms with Gasteiger partial charge >= 0.3 is 6.18 Å². The number of furan rings is 1. The van der Waals surface area contributed by atoms with Crippen LogP contribution in [0.3, 0.4) is 0 Å². The maximum Gasteiger partial charge on any atom is 0.435 e. The van der Waals surface area contributed by atoms with E-state index in [1.807, 2.05) is 0 Å². The van der Waals surface area contributed by atoms with Crippen LogP contribution in [0.5, 0.6) is 0 Å². The minimum Gasteiger partial charge on any atom is -0.464 e. The van der Waals surface area contributed by atoms with Crippen molar-refractivity contribution in [3.05, 3.63) is 54.3 Å². The summed E-state index contributed by atoms with van der Waals surface area (Å²) in [5.41, 5.74) is 3.57. The molecule has 0 aliphatic heterocycles. The molecule has 4 nitrogen and oxygen atoms in total. The Morgan fingerprint density at radius 3 is 2.59 bits per heavy atom. The molecule has 114 valence electrons. The van der Waals surface area contributed by atoms with Crippen molar-refractivity contribution in [1.29, 1.82) is 0 Å². The number of aromatic nitrogens is 2. The maximum atomic E-state index is 14.0. The van der Waals surface area contributed by atoms with Crippen molar-refractivity contribution in [2.75, 3.05) is 5.73 Å². The third kappa shape index (κ3) is 2.32. The summed E-state index contributed by atoms with van der Waals surface area (Å²) in [6.45, 7) is 0. The summed E-state index contributed by atoms with van der Waals surface area (Å²) in [4.78, 5) is 0. The number of alkyl halides is 3. The van der Waals surface area contributed by atoms with Crippen LogP contribution in [0.25, 0.3) is 17.0 Å². The van der Waals surface area contributed by atoms with Crippen molar-refractivity contribution < 1.29 is 22.0 Å². The van der Waals surface area contributed by atoms with Crippen molar-refractivity contribution in [2.24, 2.45) is 0 Å². The lowest BCUT2D eigenvalue weighted by Gasteiger charge is -2.12. The monoisotopic (exact) mass is 311 g/mol. The summed E-state index contributed by atoms with van der Waals surface area (Å²) in [5.74, 6) is -0.459. The van der Waals surface area contributed by atoms with Crippen LogP contribution in [0.1, 0.15) is 5.69 Å². The van der Waals surface area contributed by atoms with Crippen LogP contribution in [-0.2, 0) is 6.18 Å². The van der Waals surface area contributed by atoms with Gasteiger partial charge in [0.2, 0.25) is 0 Å². The molecule has 0 spiro atoms. The zero-order valence-electron chi connectivity index (χ0n) is 10.9. The van der Waals surface area contributed by atoms with Gasteiger partial charge < -0.3 is 10.2 Å². The van der Waals surface area contributed by atoms with Crippen LogP contribution in [-0.4, -0.2) is 9.78 Å². The molecule has 8 heteroatoms. The predicted molar refractivity (Wildman–Crippen MR) is 70.6 cm³/mol. The highest BCUT2D eigenvalue weighted by Crippen LogP contribution is 2.36. The van der Waals surface area contributed by atoms with Gasteiger partial charge in [0, 0.05) is 5.56 Å². The van der Waals surface area contributed by atoms with Crippen LogP contribution in [0.15, 0.2) is 47.2 Å². The minimum absolute atomic E-state index is 0.363. The van der Waals surface area contributed by atoms with Crippen LogP contribution in [0, 0.1) is 5.82 Å². The largest absolute Gasteiger partial charge is 0.464 e. The molecule has 1 aromatic carbocycles. The second-order valence-electron chi connectivity index (χ2n) is 4.50. The second-order valence-corrected chi connectivity index (χ2v) is 4.50. The zero-order valence-corrected chi connectivity index (χ0v) is 10.9. The molecule has 0 saturated carbocycles. The molecular formula is C14H9F4N3O. The van der Waals surface area contributed by atoms with E-state index in [1.54, 1.807) is 12.1 Å². The molecule has 3 aromatic rings. The normalized spacial score (nSPS) is 11.8. The molecule has 0 aliphatic carbocycles. The first-order valence-corrected chi connectivity index (χ1v) is 6.12. The van der Waals surface area contributed by atoms with Gasteiger partial charge in [-0.15, -0.1) is 0 Å². The molecule has 0 bridgehead atoms. The van der Waals surface area contributed by atoms with E-state index in [2.05, 4.69) is 5.10 Å². The molecular weight excluding hydrogens is 302 g/mol. The van der Waals surface area contributed by atoms with Crippen molar-refractivity contribution >= 4 is 5.69 Å². The Morgan fingerprint density at radius 2 is 1.95 bits per heavy atom. The van der Waals surface area contributed by atoms with E-state index < -0.39 is 23.4 Å². The number of nitrogen functional groups attached to an aromatic ring is 1. The van der Waals surface area contributed by atoms with Gasteiger partial charge in [0.15, 0.2) is 5.69 Å². The lowest BCUT2D eigenvalue weighted by atomic mass is 10.1. The number of nitrogens with zero attached hydrogens (tertiary/aromatic N) is 2. The standard InChI is InChI=1S/C14H9F4N3O/c15-9-4-3-8(12-2-1-5-22-12)6-11(9)21-13(14(16,17)18)10(19)7-20-21/h1-7H,19H2. The predicted octanol–water partition coefficient (Wildman–Crippen LogP) is 3.87. The molecule has 2 heterocycles. The smallest absolute Gasteiger partial charge is 0.435 e. The topological polar surface area (TPSA) is 57.0 Å². The first-order valence-electron chi connectivity index (χ1n) is 6.12. The molecule has 0 radical (unpaired) electrons. The first kappa shape index (κ1) is 14.2. The van der Waals surface area contributed by atoms with Crippen LogP contribution in [0.4, 0.5) is 23.2 Å². The summed E-state index contributed by atoms with van der Waals surface area (Å²) >= 11 is 0. The van der Waals surface area contributed by atoms with Crippen LogP contribution >= 0.6 is 0 Å². The third-order valence-electron chi connectivity index (χ3n) is 3.05. The van der Waals surface area contributed by atoms with E-state index in [-0.39, 0.29) is 5.69 Å². The van der Waals surface area contributed by atoms with Crippen LogP contribution < -0.4 is 5.73 Å². The molecule has 2 aromatic heterocycles. The Morgan fingerprint density at radius 1 is 1.18 bits per heavy atom. The summed E-state index contributed by atoms with van der Waals surface area (Å²) in [7, 11) is 0. The molecule has 2 N–H and O–H groups in total. The van der Waals surface area contributed by atoms with E-state index in [0.29, 0.717) is 16.0 Å². The fourth-order valence-electron chi connectivity index (χ4n) is 2.10. The summed E-state index contributed by atoms with van der Waals surface area (Å²) in [6.07, 6.45) is -2.51. The lowest BCUT2D eigenvalue weighted by molar-refractivity contribution is -0.142. The number of halogens is 4.